The van der Waals surface area contributed by atoms with Gasteiger partial charge in [0.05, 0.1) is 11.7 Å². The average Bonchev–Trinajstić information content (AvgIpc) is 3.17. The Morgan fingerprint density at radius 3 is 2.11 bits per heavy atom. The molecule has 1 amide bonds. The molecule has 0 saturated carbocycles. The molecule has 1 aromatic heterocycles. The molecule has 300 valence electrons. The Balaban J connectivity index is 1.26. The Hall–Kier alpha value is -4.29. The minimum Gasteiger partial charge on any atom is -0.462 e. The highest BCUT2D eigenvalue weighted by molar-refractivity contribution is 6.98. The van der Waals surface area contributed by atoms with Gasteiger partial charge in [0.25, 0.3) is 8.32 Å². The molecule has 1 atom stereocenters. The lowest BCUT2D eigenvalue weighted by atomic mass is 9.99. The minimum absolute atomic E-state index is 0.112. The van der Waals surface area contributed by atoms with Crippen molar-refractivity contribution in [1.29, 1.82) is 0 Å². The lowest BCUT2D eigenvalue weighted by Gasteiger charge is -2.44. The van der Waals surface area contributed by atoms with Crippen LogP contribution in [-0.2, 0) is 24.2 Å². The Labute approximate surface area is 335 Å². The first-order valence-corrected chi connectivity index (χ1v) is 22.2. The number of fused-ring (bicyclic) bond motifs is 1. The largest absolute Gasteiger partial charge is 0.462 e. The van der Waals surface area contributed by atoms with Crippen LogP contribution in [0.2, 0.25) is 5.04 Å². The van der Waals surface area contributed by atoms with Crippen LogP contribution in [0.25, 0.3) is 0 Å². The molecule has 0 spiro atoms. The molecule has 6 rings (SSSR count). The maximum absolute atomic E-state index is 13.8. The molecule has 1 unspecified atom stereocenters. The predicted molar refractivity (Wildman–Crippen MR) is 227 cm³/mol. The number of piperazine rings is 1. The summed E-state index contributed by atoms with van der Waals surface area (Å²) < 4.78 is 12.2. The number of amides is 1. The van der Waals surface area contributed by atoms with Gasteiger partial charge in [0.1, 0.15) is 18.0 Å². The summed E-state index contributed by atoms with van der Waals surface area (Å²) in [6.07, 6.45) is 2.94. The lowest BCUT2D eigenvalue weighted by Crippen LogP contribution is -2.65. The van der Waals surface area contributed by atoms with E-state index < -0.39 is 19.0 Å². The molecule has 10 nitrogen and oxygen atoms in total. The summed E-state index contributed by atoms with van der Waals surface area (Å²) in [5, 5.41) is 1.63. The second-order valence-electron chi connectivity index (χ2n) is 17.3. The first-order valence-electron chi connectivity index (χ1n) is 20.2. The fourth-order valence-electron chi connectivity index (χ4n) is 8.19. The molecule has 3 aromatic carbocycles. The molecule has 1 N–H and O–H groups in total. The quantitative estimate of drug-likeness (QED) is 0.153. The van der Waals surface area contributed by atoms with E-state index in [1.165, 1.54) is 11.1 Å². The third kappa shape index (κ3) is 9.98. The molecule has 11 heteroatoms. The van der Waals surface area contributed by atoms with E-state index in [1.54, 1.807) is 0 Å². The summed E-state index contributed by atoms with van der Waals surface area (Å²) >= 11 is 0. The first-order chi connectivity index (χ1) is 26.7. The van der Waals surface area contributed by atoms with Crippen molar-refractivity contribution < 1.29 is 19.1 Å². The number of anilines is 1. The Morgan fingerprint density at radius 2 is 1.50 bits per heavy atom. The molecular formula is C45H62N6O4Si. The molecule has 0 radical (unpaired) electrons. The molecule has 2 aliphatic rings. The van der Waals surface area contributed by atoms with E-state index in [0.717, 1.165) is 73.7 Å². The monoisotopic (exact) mass is 778 g/mol. The van der Waals surface area contributed by atoms with Crippen LogP contribution in [0.5, 0.6) is 6.01 Å². The third-order valence-electron chi connectivity index (χ3n) is 11.2. The van der Waals surface area contributed by atoms with Crippen molar-refractivity contribution >= 4 is 30.6 Å². The van der Waals surface area contributed by atoms with Gasteiger partial charge in [-0.1, -0.05) is 111 Å². The maximum atomic E-state index is 13.8. The van der Waals surface area contributed by atoms with Crippen LogP contribution in [-0.4, -0.2) is 109 Å². The number of ether oxygens (including phenoxy) is 2. The van der Waals surface area contributed by atoms with Gasteiger partial charge < -0.3 is 29.0 Å². The number of likely N-dealkylation sites (N-methyl/N-ethyl adjacent to an activating group) is 1. The number of carbonyl (C=O) groups is 1. The van der Waals surface area contributed by atoms with Crippen molar-refractivity contribution in [1.82, 2.24) is 24.7 Å². The molecule has 1 saturated heterocycles. The number of nitrogens with zero attached hydrogens (tertiary/aromatic N) is 6. The van der Waals surface area contributed by atoms with Gasteiger partial charge in [-0.15, -0.1) is 0 Å². The lowest BCUT2D eigenvalue weighted by molar-refractivity contribution is 0.0128. The molecule has 4 aromatic rings. The van der Waals surface area contributed by atoms with Crippen LogP contribution in [0.15, 0.2) is 91.0 Å². The summed E-state index contributed by atoms with van der Waals surface area (Å²) in [7, 11) is 0.880. The van der Waals surface area contributed by atoms with Gasteiger partial charge in [0.15, 0.2) is 0 Å². The summed E-state index contributed by atoms with van der Waals surface area (Å²) in [5.74, 6) is 0.915. The second kappa shape index (κ2) is 17.9. The van der Waals surface area contributed by atoms with Crippen molar-refractivity contribution in [2.45, 2.75) is 90.1 Å². The average molecular weight is 779 g/mol. The van der Waals surface area contributed by atoms with Gasteiger partial charge in [0, 0.05) is 51.4 Å². The fourth-order valence-corrected chi connectivity index (χ4v) is 12.0. The number of benzene rings is 3. The maximum Gasteiger partial charge on any atom is 0.410 e. The van der Waals surface area contributed by atoms with E-state index in [4.69, 9.17) is 19.4 Å². The summed E-state index contributed by atoms with van der Waals surface area (Å²) in [6, 6.07) is 31.3. The number of carbonyl (C=O) groups excluding carboxylic acids is 1. The van der Waals surface area contributed by atoms with E-state index in [0.29, 0.717) is 32.3 Å². The Kier molecular flexibility index (Phi) is 13.2. The van der Waals surface area contributed by atoms with Crippen LogP contribution in [0.4, 0.5) is 10.6 Å². The summed E-state index contributed by atoms with van der Waals surface area (Å²) in [6.45, 7) is 15.7. The number of hydrogen-bond acceptors (Lipinski definition) is 9. The predicted octanol–water partition coefficient (Wildman–Crippen LogP) is 6.10. The van der Waals surface area contributed by atoms with Crippen LogP contribution in [0.3, 0.4) is 0 Å². The fraction of sp³-hybridized carbons (Fsp3) is 0.489. The minimum atomic E-state index is -3.18. The highest BCUT2D eigenvalue weighted by atomic mass is 28.4. The van der Waals surface area contributed by atoms with Gasteiger partial charge in [0.2, 0.25) is 0 Å². The Morgan fingerprint density at radius 1 is 0.875 bits per heavy atom. The highest BCUT2D eigenvalue weighted by Crippen LogP contribution is 2.41. The SMILES string of the molecule is CN(C)CCOc1nc2c(c(N3CCN(C(=O)OC(C)(C)C)C(CCCC(C)(C)[Si](O)(c4ccccc4)c4ccccc4)C3)n1)CCN(Cc1ccccc1)C2. The summed E-state index contributed by atoms with van der Waals surface area (Å²) in [4.78, 5) is 45.5. The van der Waals surface area contributed by atoms with Gasteiger partial charge in [-0.05, 0) is 75.1 Å². The molecule has 1 fully saturated rings. The van der Waals surface area contributed by atoms with Crippen LogP contribution >= 0.6 is 0 Å². The topological polar surface area (TPSA) is 94.5 Å². The molecule has 2 aliphatic heterocycles. The van der Waals surface area contributed by atoms with Crippen LogP contribution in [0.1, 0.15) is 70.7 Å². The second-order valence-corrected chi connectivity index (χ2v) is 21.3. The van der Waals surface area contributed by atoms with Crippen LogP contribution in [0, 0.1) is 0 Å². The van der Waals surface area contributed by atoms with Crippen molar-refractivity contribution in [3.8, 4) is 6.01 Å². The summed E-state index contributed by atoms with van der Waals surface area (Å²) in [5.41, 5.74) is 2.85. The van der Waals surface area contributed by atoms with E-state index in [2.05, 4.69) is 83.1 Å². The van der Waals surface area contributed by atoms with Crippen LogP contribution < -0.4 is 20.0 Å². The van der Waals surface area contributed by atoms with E-state index in [1.807, 2.05) is 76.2 Å². The van der Waals surface area contributed by atoms with E-state index in [-0.39, 0.29) is 12.1 Å². The number of aromatic nitrogens is 2. The normalized spacial score (nSPS) is 16.8. The zero-order chi connectivity index (χ0) is 39.9. The zero-order valence-corrected chi connectivity index (χ0v) is 35.6. The smallest absolute Gasteiger partial charge is 0.410 e. The highest BCUT2D eigenvalue weighted by Gasteiger charge is 2.49. The van der Waals surface area contributed by atoms with Crippen molar-refractivity contribution in [3.63, 3.8) is 0 Å². The third-order valence-corrected chi connectivity index (χ3v) is 15.8. The van der Waals surface area contributed by atoms with Crippen molar-refractivity contribution in [2.24, 2.45) is 0 Å². The molecular weight excluding hydrogens is 717 g/mol. The zero-order valence-electron chi connectivity index (χ0n) is 34.6. The standard InChI is InChI=1S/C45H62N6O4Si/c1-44(2,3)55-43(52)51-29-28-50(33-36(51)20-17-26-45(4,5)56(53,37-21-13-9-14-22-37)38-23-15-10-16-24-38)41-39-25-27-49(32-35-18-11-8-12-19-35)34-40(39)46-42(47-41)54-31-30-48(6)7/h8-16,18-19,21-24,36,53H,17,20,25-34H2,1-7H3. The van der Waals surface area contributed by atoms with Crippen molar-refractivity contribution in [3.05, 3.63) is 108 Å². The van der Waals surface area contributed by atoms with Gasteiger partial charge in [-0.3, -0.25) is 4.90 Å². The molecule has 56 heavy (non-hydrogen) atoms. The number of rotatable bonds is 14. The molecule has 0 aliphatic carbocycles. The molecule has 3 heterocycles. The first kappa shape index (κ1) is 41.3. The van der Waals surface area contributed by atoms with Gasteiger partial charge in [-0.25, -0.2) is 4.79 Å². The van der Waals surface area contributed by atoms with Crippen molar-refractivity contribution in [2.75, 3.05) is 58.3 Å². The van der Waals surface area contributed by atoms with Gasteiger partial charge in [-0.2, -0.15) is 9.97 Å². The van der Waals surface area contributed by atoms with E-state index in [9.17, 15) is 9.59 Å². The Bertz CT molecular complexity index is 1830. The number of hydrogen-bond donors (Lipinski definition) is 1. The molecule has 0 bridgehead atoms. The van der Waals surface area contributed by atoms with E-state index >= 15 is 0 Å². The van der Waals surface area contributed by atoms with Gasteiger partial charge >= 0.3 is 12.1 Å².